The van der Waals surface area contributed by atoms with Gasteiger partial charge in [-0.05, 0) is 42.3 Å². The first kappa shape index (κ1) is 17.5. The molecule has 0 bridgehead atoms. The van der Waals surface area contributed by atoms with Gasteiger partial charge < -0.3 is 30.2 Å². The molecule has 7 nitrogen and oxygen atoms in total. The summed E-state index contributed by atoms with van der Waals surface area (Å²) in [6, 6.07) is 9.19. The Morgan fingerprint density at radius 3 is 2.22 bits per heavy atom. The van der Waals surface area contributed by atoms with E-state index in [1.807, 2.05) is 0 Å². The Kier molecular flexibility index (Phi) is 4.79. The summed E-state index contributed by atoms with van der Waals surface area (Å²) in [6.07, 6.45) is -0.100. The van der Waals surface area contributed by atoms with Crippen molar-refractivity contribution in [3.05, 3.63) is 53.6 Å². The predicted molar refractivity (Wildman–Crippen MR) is 82.3 cm³/mol. The van der Waals surface area contributed by atoms with Crippen LogP contribution in [0.2, 0.25) is 0 Å². The Balaban J connectivity index is 2.31. The molecule has 0 radical (unpaired) electrons. The Bertz CT molecular complexity index is 751. The number of aryl methyl sites for hydroxylation is 1. The lowest BCUT2D eigenvalue weighted by molar-refractivity contribution is -0.173. The van der Waals surface area contributed by atoms with Crippen LogP contribution >= 0.6 is 7.60 Å². The molecule has 0 unspecified atom stereocenters. The maximum Gasteiger partial charge on any atom is 0.356 e. The smallest absolute Gasteiger partial charge is 0.356 e. The second-order valence-corrected chi connectivity index (χ2v) is 6.80. The van der Waals surface area contributed by atoms with E-state index < -0.39 is 24.4 Å². The molecule has 0 spiro atoms. The lowest BCUT2D eigenvalue weighted by Crippen LogP contribution is -2.32. The first-order chi connectivity index (χ1) is 10.6. The SMILES string of the molecule is O=P(O)(O)c1cc(O)ccc1C(O)(O)CCc1cccc(O)c1. The Hall–Kier alpha value is -1.89. The number of hydrogen-bond donors (Lipinski definition) is 6. The molecule has 0 fully saturated rings. The van der Waals surface area contributed by atoms with Gasteiger partial charge in [0, 0.05) is 12.0 Å². The molecule has 6 N–H and O–H groups in total. The molecule has 0 amide bonds. The zero-order chi connectivity index (χ0) is 17.3. The van der Waals surface area contributed by atoms with Crippen molar-refractivity contribution in [3.63, 3.8) is 0 Å². The van der Waals surface area contributed by atoms with Crippen LogP contribution in [-0.2, 0) is 16.8 Å². The summed E-state index contributed by atoms with van der Waals surface area (Å²) < 4.78 is 11.5. The van der Waals surface area contributed by atoms with Crippen LogP contribution in [0.25, 0.3) is 0 Å². The van der Waals surface area contributed by atoms with E-state index in [1.165, 1.54) is 12.1 Å². The molecule has 124 valence electrons. The maximum atomic E-state index is 11.5. The molecule has 0 heterocycles. The van der Waals surface area contributed by atoms with Crippen molar-refractivity contribution in [2.75, 3.05) is 0 Å². The molecule has 2 rings (SSSR count). The quantitative estimate of drug-likeness (QED) is 0.347. The van der Waals surface area contributed by atoms with Gasteiger partial charge in [-0.25, -0.2) is 0 Å². The van der Waals surface area contributed by atoms with E-state index in [2.05, 4.69) is 0 Å². The summed E-state index contributed by atoms with van der Waals surface area (Å²) in [7, 11) is -4.80. The van der Waals surface area contributed by atoms with Crippen molar-refractivity contribution in [1.82, 2.24) is 0 Å². The number of aromatic hydroxyl groups is 2. The van der Waals surface area contributed by atoms with Crippen molar-refractivity contribution in [1.29, 1.82) is 0 Å². The average molecular weight is 340 g/mol. The van der Waals surface area contributed by atoms with E-state index >= 15 is 0 Å². The van der Waals surface area contributed by atoms with Crippen LogP contribution in [-0.4, -0.2) is 30.2 Å². The van der Waals surface area contributed by atoms with Crippen molar-refractivity contribution in [3.8, 4) is 11.5 Å². The zero-order valence-electron chi connectivity index (χ0n) is 12.0. The minimum absolute atomic E-state index is 0.0320. The zero-order valence-corrected chi connectivity index (χ0v) is 12.9. The van der Waals surface area contributed by atoms with Crippen LogP contribution in [0.4, 0.5) is 0 Å². The molecule has 0 saturated heterocycles. The van der Waals surface area contributed by atoms with Gasteiger partial charge >= 0.3 is 7.60 Å². The monoisotopic (exact) mass is 340 g/mol. The fraction of sp³-hybridized carbons (Fsp3) is 0.200. The molecular weight excluding hydrogens is 323 g/mol. The summed E-state index contributed by atoms with van der Waals surface area (Å²) in [5, 5.41) is 38.6. The third-order valence-corrected chi connectivity index (χ3v) is 4.40. The summed E-state index contributed by atoms with van der Waals surface area (Å²) >= 11 is 0. The summed E-state index contributed by atoms with van der Waals surface area (Å²) in [5.74, 6) is -2.87. The van der Waals surface area contributed by atoms with Crippen LogP contribution in [0.1, 0.15) is 17.5 Å². The highest BCUT2D eigenvalue weighted by Crippen LogP contribution is 2.39. The van der Waals surface area contributed by atoms with Crippen LogP contribution in [0.15, 0.2) is 42.5 Å². The van der Waals surface area contributed by atoms with E-state index in [9.17, 15) is 34.8 Å². The van der Waals surface area contributed by atoms with E-state index in [4.69, 9.17) is 0 Å². The van der Waals surface area contributed by atoms with Gasteiger partial charge in [0.1, 0.15) is 11.5 Å². The fourth-order valence-corrected chi connectivity index (χ4v) is 3.13. The van der Waals surface area contributed by atoms with Gasteiger partial charge in [0.15, 0.2) is 5.79 Å². The van der Waals surface area contributed by atoms with Crippen molar-refractivity contribution in [2.45, 2.75) is 18.6 Å². The Labute approximate surface area is 132 Å². The number of aliphatic hydroxyl groups is 2. The van der Waals surface area contributed by atoms with Gasteiger partial charge in [0.25, 0.3) is 0 Å². The Morgan fingerprint density at radius 2 is 1.61 bits per heavy atom. The van der Waals surface area contributed by atoms with Crippen molar-refractivity contribution in [2.24, 2.45) is 0 Å². The number of rotatable bonds is 5. The number of phenolic OH excluding ortho intramolecular Hbond substituents is 2. The number of phenols is 2. The van der Waals surface area contributed by atoms with Gasteiger partial charge in [-0.15, -0.1) is 0 Å². The average Bonchev–Trinajstić information content (AvgIpc) is 2.44. The van der Waals surface area contributed by atoms with Gasteiger partial charge in [-0.3, -0.25) is 4.57 Å². The van der Waals surface area contributed by atoms with E-state index in [1.54, 1.807) is 12.1 Å². The highest BCUT2D eigenvalue weighted by molar-refractivity contribution is 7.60. The number of hydrogen-bond acceptors (Lipinski definition) is 5. The summed E-state index contributed by atoms with van der Waals surface area (Å²) in [4.78, 5) is 18.6. The molecule has 0 aliphatic rings. The lowest BCUT2D eigenvalue weighted by Gasteiger charge is -2.25. The number of benzene rings is 2. The molecular formula is C15H17O7P. The minimum atomic E-state index is -4.80. The van der Waals surface area contributed by atoms with Gasteiger partial charge in [0.05, 0.1) is 5.30 Å². The Morgan fingerprint density at radius 1 is 0.957 bits per heavy atom. The predicted octanol–water partition coefficient (Wildman–Crippen LogP) is 0.671. The molecule has 0 saturated carbocycles. The first-order valence-electron chi connectivity index (χ1n) is 6.72. The normalized spacial score (nSPS) is 12.3. The topological polar surface area (TPSA) is 138 Å². The van der Waals surface area contributed by atoms with Crippen molar-refractivity contribution >= 4 is 12.9 Å². The van der Waals surface area contributed by atoms with E-state index in [0.717, 1.165) is 18.2 Å². The minimum Gasteiger partial charge on any atom is -0.508 e. The molecule has 0 aliphatic carbocycles. The summed E-state index contributed by atoms with van der Waals surface area (Å²) in [5.41, 5.74) is 0.262. The third-order valence-electron chi connectivity index (χ3n) is 3.40. The van der Waals surface area contributed by atoms with Crippen LogP contribution in [0.3, 0.4) is 0 Å². The maximum absolute atomic E-state index is 11.5. The second-order valence-electron chi connectivity index (χ2n) is 5.23. The van der Waals surface area contributed by atoms with Crippen LogP contribution in [0, 0.1) is 0 Å². The molecule has 8 heteroatoms. The van der Waals surface area contributed by atoms with E-state index in [0.29, 0.717) is 5.56 Å². The highest BCUT2D eigenvalue weighted by Gasteiger charge is 2.34. The largest absolute Gasteiger partial charge is 0.508 e. The second kappa shape index (κ2) is 6.31. The summed E-state index contributed by atoms with van der Waals surface area (Å²) in [6.45, 7) is 0. The fourth-order valence-electron chi connectivity index (χ4n) is 2.26. The standard InChI is InChI=1S/C15H17O7P/c16-11-3-1-2-10(8-11)6-7-15(18,19)13-5-4-12(17)9-14(13)23(20,21)22/h1-5,8-9,16-19H,6-7H2,(H2,20,21,22). The van der Waals surface area contributed by atoms with Crippen LogP contribution < -0.4 is 5.30 Å². The van der Waals surface area contributed by atoms with Gasteiger partial charge in [-0.1, -0.05) is 12.1 Å². The molecule has 0 aliphatic heterocycles. The molecule has 0 aromatic heterocycles. The molecule has 2 aromatic carbocycles. The van der Waals surface area contributed by atoms with E-state index in [-0.39, 0.29) is 24.2 Å². The molecule has 0 atom stereocenters. The molecule has 2 aromatic rings. The van der Waals surface area contributed by atoms with Crippen LogP contribution in [0.5, 0.6) is 11.5 Å². The molecule has 23 heavy (non-hydrogen) atoms. The van der Waals surface area contributed by atoms with Gasteiger partial charge in [-0.2, -0.15) is 0 Å². The van der Waals surface area contributed by atoms with Gasteiger partial charge in [0.2, 0.25) is 0 Å². The first-order valence-corrected chi connectivity index (χ1v) is 8.33. The third kappa shape index (κ3) is 4.31. The lowest BCUT2D eigenvalue weighted by atomic mass is 9.97. The van der Waals surface area contributed by atoms with Crippen molar-refractivity contribution < 1.29 is 34.8 Å². The highest BCUT2D eigenvalue weighted by atomic mass is 31.2.